The minimum Gasteiger partial charge on any atom is -0.393 e. The lowest BCUT2D eigenvalue weighted by atomic mass is 9.75. The van der Waals surface area contributed by atoms with E-state index < -0.39 is 0 Å². The molecule has 0 spiro atoms. The summed E-state index contributed by atoms with van der Waals surface area (Å²) < 4.78 is 0. The first-order valence-electron chi connectivity index (χ1n) is 8.06. The van der Waals surface area contributed by atoms with Crippen LogP contribution < -0.4 is 5.32 Å². The normalized spacial score (nSPS) is 21.2. The summed E-state index contributed by atoms with van der Waals surface area (Å²) >= 11 is 1.51. The zero-order valence-corrected chi connectivity index (χ0v) is 13.9. The Balaban J connectivity index is 1.65. The predicted molar refractivity (Wildman–Crippen MR) is 95.0 cm³/mol. The lowest BCUT2D eigenvalue weighted by Crippen LogP contribution is -2.41. The number of aromatic nitrogens is 1. The molecule has 4 nitrogen and oxygen atoms in total. The third-order valence-electron chi connectivity index (χ3n) is 4.66. The van der Waals surface area contributed by atoms with Crippen molar-refractivity contribution < 1.29 is 9.90 Å². The predicted octanol–water partition coefficient (Wildman–Crippen LogP) is 3.54. The number of para-hydroxylation sites is 1. The van der Waals surface area contributed by atoms with Crippen molar-refractivity contribution in [3.8, 4) is 0 Å². The second-order valence-electron chi connectivity index (χ2n) is 6.31. The van der Waals surface area contributed by atoms with Gasteiger partial charge in [-0.2, -0.15) is 11.3 Å². The molecule has 5 heteroatoms. The number of pyridine rings is 1. The van der Waals surface area contributed by atoms with E-state index in [4.69, 9.17) is 0 Å². The van der Waals surface area contributed by atoms with Gasteiger partial charge in [-0.3, -0.25) is 9.78 Å². The molecule has 2 N–H and O–H groups in total. The minimum atomic E-state index is -0.260. The molecule has 1 aliphatic rings. The topological polar surface area (TPSA) is 62.2 Å². The van der Waals surface area contributed by atoms with Crippen molar-refractivity contribution in [2.45, 2.75) is 25.0 Å². The maximum atomic E-state index is 12.5. The van der Waals surface area contributed by atoms with Crippen molar-refractivity contribution in [3.63, 3.8) is 0 Å². The van der Waals surface area contributed by atoms with Gasteiger partial charge in [0.15, 0.2) is 0 Å². The lowest BCUT2D eigenvalue weighted by molar-refractivity contribution is 0.0235. The molecule has 0 unspecified atom stereocenters. The molecule has 0 aliphatic heterocycles. The van der Waals surface area contributed by atoms with Crippen LogP contribution in [0.3, 0.4) is 0 Å². The van der Waals surface area contributed by atoms with Gasteiger partial charge in [0.05, 0.1) is 23.2 Å². The average molecular weight is 338 g/mol. The molecule has 4 rings (SSSR count). The molecule has 1 atom stereocenters. The summed E-state index contributed by atoms with van der Waals surface area (Å²) in [6, 6.07) is 11.7. The number of aliphatic hydroxyl groups excluding tert-OH is 1. The van der Waals surface area contributed by atoms with Gasteiger partial charge in [0.25, 0.3) is 5.91 Å². The molecule has 1 fully saturated rings. The van der Waals surface area contributed by atoms with E-state index in [1.807, 2.05) is 47.3 Å². The Morgan fingerprint density at radius 2 is 2.12 bits per heavy atom. The van der Waals surface area contributed by atoms with Crippen LogP contribution in [0.4, 0.5) is 0 Å². The molecule has 1 aromatic carbocycles. The Morgan fingerprint density at radius 3 is 2.88 bits per heavy atom. The SMILES string of the molecule is O=C(N[C@@H](c1cnc2ccccc2c1)C1CC(O)C1)c1ccsc1. The highest BCUT2D eigenvalue weighted by Gasteiger charge is 2.36. The fraction of sp³-hybridized carbons (Fsp3) is 0.263. The number of thiophene rings is 1. The number of rotatable bonds is 4. The van der Waals surface area contributed by atoms with E-state index >= 15 is 0 Å². The fourth-order valence-electron chi connectivity index (χ4n) is 3.25. The van der Waals surface area contributed by atoms with Gasteiger partial charge in [-0.25, -0.2) is 0 Å². The van der Waals surface area contributed by atoms with E-state index in [0.29, 0.717) is 18.4 Å². The Hall–Kier alpha value is -2.24. The maximum absolute atomic E-state index is 12.5. The number of amides is 1. The Morgan fingerprint density at radius 1 is 1.29 bits per heavy atom. The highest BCUT2D eigenvalue weighted by molar-refractivity contribution is 7.08. The van der Waals surface area contributed by atoms with Gasteiger partial charge in [0, 0.05) is 17.0 Å². The smallest absolute Gasteiger partial charge is 0.252 e. The summed E-state index contributed by atoms with van der Waals surface area (Å²) in [5.41, 5.74) is 2.62. The number of fused-ring (bicyclic) bond motifs is 1. The zero-order valence-electron chi connectivity index (χ0n) is 13.1. The van der Waals surface area contributed by atoms with Gasteiger partial charge in [-0.05, 0) is 47.9 Å². The molecule has 1 aliphatic carbocycles. The third-order valence-corrected chi connectivity index (χ3v) is 5.34. The average Bonchev–Trinajstić information content (AvgIpc) is 3.11. The first-order chi connectivity index (χ1) is 11.7. The standard InChI is InChI=1S/C19H18N2O2S/c22-16-8-14(9-16)18(21-19(23)13-5-6-24-11-13)15-7-12-3-1-2-4-17(12)20-10-15/h1-7,10-11,14,16,18,22H,8-9H2,(H,21,23)/t14?,16?,18-/m1/s1. The largest absolute Gasteiger partial charge is 0.393 e. The number of nitrogens with one attached hydrogen (secondary N) is 1. The van der Waals surface area contributed by atoms with Crippen LogP contribution in [0.2, 0.25) is 0 Å². The van der Waals surface area contributed by atoms with E-state index in [1.165, 1.54) is 11.3 Å². The van der Waals surface area contributed by atoms with Crippen molar-refractivity contribution in [2.75, 3.05) is 0 Å². The number of carbonyl (C=O) groups is 1. The van der Waals surface area contributed by atoms with Gasteiger partial charge in [-0.15, -0.1) is 0 Å². The molecule has 122 valence electrons. The fourth-order valence-corrected chi connectivity index (χ4v) is 3.89. The van der Waals surface area contributed by atoms with E-state index in [2.05, 4.69) is 16.4 Å². The second-order valence-corrected chi connectivity index (χ2v) is 7.09. The summed E-state index contributed by atoms with van der Waals surface area (Å²) in [5.74, 6) is 0.168. The first-order valence-corrected chi connectivity index (χ1v) is 9.01. The Kier molecular flexibility index (Phi) is 4.04. The van der Waals surface area contributed by atoms with Gasteiger partial charge >= 0.3 is 0 Å². The van der Waals surface area contributed by atoms with Crippen LogP contribution in [0.25, 0.3) is 10.9 Å². The number of aliphatic hydroxyl groups is 1. The van der Waals surface area contributed by atoms with Gasteiger partial charge < -0.3 is 10.4 Å². The Bertz CT molecular complexity index is 857. The number of hydrogen-bond acceptors (Lipinski definition) is 4. The molecule has 1 saturated carbocycles. The molecule has 2 aromatic heterocycles. The molecule has 3 aromatic rings. The Labute approximate surface area is 144 Å². The first kappa shape index (κ1) is 15.3. The van der Waals surface area contributed by atoms with Crippen LogP contribution in [-0.4, -0.2) is 22.1 Å². The molecule has 0 saturated heterocycles. The molecule has 1 amide bonds. The van der Waals surface area contributed by atoms with Crippen LogP contribution in [-0.2, 0) is 0 Å². The lowest BCUT2D eigenvalue weighted by Gasteiger charge is -2.38. The van der Waals surface area contributed by atoms with Gasteiger partial charge in [-0.1, -0.05) is 18.2 Å². The third kappa shape index (κ3) is 2.92. The van der Waals surface area contributed by atoms with Crippen LogP contribution >= 0.6 is 11.3 Å². The van der Waals surface area contributed by atoms with Crippen LogP contribution in [0.15, 0.2) is 53.4 Å². The highest BCUT2D eigenvalue weighted by Crippen LogP contribution is 2.38. The number of benzene rings is 1. The van der Waals surface area contributed by atoms with E-state index in [0.717, 1.165) is 16.5 Å². The van der Waals surface area contributed by atoms with Crippen LogP contribution in [0, 0.1) is 5.92 Å². The zero-order chi connectivity index (χ0) is 16.5. The van der Waals surface area contributed by atoms with Crippen molar-refractivity contribution in [1.29, 1.82) is 0 Å². The second kappa shape index (κ2) is 6.34. The van der Waals surface area contributed by atoms with Crippen molar-refractivity contribution >= 4 is 28.1 Å². The van der Waals surface area contributed by atoms with Crippen molar-refractivity contribution in [3.05, 3.63) is 64.5 Å². The molecule has 0 radical (unpaired) electrons. The molecular formula is C19H18N2O2S. The van der Waals surface area contributed by atoms with Crippen LogP contribution in [0.5, 0.6) is 0 Å². The minimum absolute atomic E-state index is 0.0733. The van der Waals surface area contributed by atoms with E-state index in [-0.39, 0.29) is 24.0 Å². The summed E-state index contributed by atoms with van der Waals surface area (Å²) in [7, 11) is 0. The highest BCUT2D eigenvalue weighted by atomic mass is 32.1. The summed E-state index contributed by atoms with van der Waals surface area (Å²) in [4.78, 5) is 17.0. The molecule has 2 heterocycles. The molecular weight excluding hydrogens is 320 g/mol. The number of nitrogens with zero attached hydrogens (tertiary/aromatic N) is 1. The summed E-state index contributed by atoms with van der Waals surface area (Å²) in [6.07, 6.45) is 3.00. The summed E-state index contributed by atoms with van der Waals surface area (Å²) in [6.45, 7) is 0. The van der Waals surface area contributed by atoms with Gasteiger partial charge in [0.1, 0.15) is 0 Å². The van der Waals surface area contributed by atoms with E-state index in [1.54, 1.807) is 0 Å². The van der Waals surface area contributed by atoms with Crippen molar-refractivity contribution in [2.24, 2.45) is 5.92 Å². The monoisotopic (exact) mass is 338 g/mol. The molecule has 24 heavy (non-hydrogen) atoms. The van der Waals surface area contributed by atoms with E-state index in [9.17, 15) is 9.90 Å². The number of hydrogen-bond donors (Lipinski definition) is 2. The number of carbonyl (C=O) groups excluding carboxylic acids is 1. The quantitative estimate of drug-likeness (QED) is 0.765. The summed E-state index contributed by atoms with van der Waals surface area (Å²) in [5, 5.41) is 17.6. The van der Waals surface area contributed by atoms with Crippen LogP contribution in [0.1, 0.15) is 34.8 Å². The molecule has 0 bridgehead atoms. The maximum Gasteiger partial charge on any atom is 0.252 e. The van der Waals surface area contributed by atoms with Gasteiger partial charge in [0.2, 0.25) is 0 Å². The van der Waals surface area contributed by atoms with Crippen molar-refractivity contribution in [1.82, 2.24) is 10.3 Å².